The van der Waals surface area contributed by atoms with Gasteiger partial charge in [0.25, 0.3) is 5.91 Å². The van der Waals surface area contributed by atoms with Gasteiger partial charge in [0, 0.05) is 24.3 Å². The van der Waals surface area contributed by atoms with Crippen LogP contribution in [-0.2, 0) is 16.0 Å². The zero-order chi connectivity index (χ0) is 20.2. The lowest BCUT2D eigenvalue weighted by Gasteiger charge is -2.31. The minimum absolute atomic E-state index is 0.0292. The fraction of sp³-hybridized carbons (Fsp3) is 0.364. The van der Waals surface area contributed by atoms with Crippen molar-refractivity contribution in [2.45, 2.75) is 19.4 Å². The van der Waals surface area contributed by atoms with E-state index in [4.69, 9.17) is 14.2 Å². The van der Waals surface area contributed by atoms with Gasteiger partial charge in [-0.3, -0.25) is 9.59 Å². The Hall–Kier alpha value is -3.06. The van der Waals surface area contributed by atoms with Crippen LogP contribution in [0, 0.1) is 0 Å². The largest absolute Gasteiger partial charge is 0.486 e. The molecule has 1 fully saturated rings. The van der Waals surface area contributed by atoms with Gasteiger partial charge in [0.2, 0.25) is 5.91 Å². The number of benzene rings is 2. The standard InChI is InChI=1S/C22H24N2O5/c1-15-14-24(7-8-27-15)22(26)17-3-2-4-18(13-17)23-21(25)12-16-5-6-19-20(11-16)29-10-9-28-19/h2-6,11,13,15H,7-10,12,14H2,1H3,(H,23,25). The predicted octanol–water partition coefficient (Wildman–Crippen LogP) is 2.50. The molecular weight excluding hydrogens is 372 g/mol. The van der Waals surface area contributed by atoms with Crippen molar-refractivity contribution in [2.24, 2.45) is 0 Å². The van der Waals surface area contributed by atoms with E-state index >= 15 is 0 Å². The van der Waals surface area contributed by atoms with Gasteiger partial charge in [0.1, 0.15) is 13.2 Å². The van der Waals surface area contributed by atoms with Crippen LogP contribution in [0.2, 0.25) is 0 Å². The summed E-state index contributed by atoms with van der Waals surface area (Å²) in [6.45, 7) is 4.67. The van der Waals surface area contributed by atoms with E-state index in [2.05, 4.69) is 5.32 Å². The molecule has 0 saturated carbocycles. The number of fused-ring (bicyclic) bond motifs is 1. The van der Waals surface area contributed by atoms with Gasteiger partial charge in [-0.25, -0.2) is 0 Å². The molecule has 1 N–H and O–H groups in total. The molecule has 1 atom stereocenters. The molecule has 1 unspecified atom stereocenters. The highest BCUT2D eigenvalue weighted by Gasteiger charge is 2.22. The second-order valence-corrected chi connectivity index (χ2v) is 7.22. The van der Waals surface area contributed by atoms with Gasteiger partial charge < -0.3 is 24.4 Å². The Bertz CT molecular complexity index is 914. The normalized spacial score (nSPS) is 18.2. The predicted molar refractivity (Wildman–Crippen MR) is 108 cm³/mol. The van der Waals surface area contributed by atoms with E-state index in [-0.39, 0.29) is 24.3 Å². The van der Waals surface area contributed by atoms with E-state index in [1.54, 1.807) is 29.2 Å². The molecular formula is C22H24N2O5. The van der Waals surface area contributed by atoms with Gasteiger partial charge in [-0.15, -0.1) is 0 Å². The lowest BCUT2D eigenvalue weighted by molar-refractivity contribution is -0.115. The molecule has 0 radical (unpaired) electrons. The van der Waals surface area contributed by atoms with Crippen LogP contribution in [0.25, 0.3) is 0 Å². The first-order chi connectivity index (χ1) is 14.1. The third kappa shape index (κ3) is 4.68. The first-order valence-corrected chi connectivity index (χ1v) is 9.78. The summed E-state index contributed by atoms with van der Waals surface area (Å²) in [4.78, 5) is 27.0. The van der Waals surface area contributed by atoms with Gasteiger partial charge in [-0.1, -0.05) is 12.1 Å². The number of carbonyl (C=O) groups excluding carboxylic acids is 2. The third-order valence-corrected chi connectivity index (χ3v) is 4.89. The molecule has 2 aliphatic heterocycles. The maximum Gasteiger partial charge on any atom is 0.254 e. The van der Waals surface area contributed by atoms with Crippen molar-refractivity contribution in [1.29, 1.82) is 0 Å². The molecule has 29 heavy (non-hydrogen) atoms. The number of morpholine rings is 1. The summed E-state index contributed by atoms with van der Waals surface area (Å²) < 4.78 is 16.6. The fourth-order valence-corrected chi connectivity index (χ4v) is 3.50. The third-order valence-electron chi connectivity index (χ3n) is 4.89. The summed E-state index contributed by atoms with van der Waals surface area (Å²) in [6, 6.07) is 12.5. The molecule has 2 aliphatic rings. The zero-order valence-electron chi connectivity index (χ0n) is 16.3. The van der Waals surface area contributed by atoms with Crippen LogP contribution in [0.5, 0.6) is 11.5 Å². The summed E-state index contributed by atoms with van der Waals surface area (Å²) >= 11 is 0. The Morgan fingerprint density at radius 1 is 1.07 bits per heavy atom. The van der Waals surface area contributed by atoms with Crippen molar-refractivity contribution in [3.05, 3.63) is 53.6 Å². The summed E-state index contributed by atoms with van der Waals surface area (Å²) in [7, 11) is 0. The van der Waals surface area contributed by atoms with E-state index < -0.39 is 0 Å². The zero-order valence-corrected chi connectivity index (χ0v) is 16.3. The van der Waals surface area contributed by atoms with Crippen molar-refractivity contribution in [1.82, 2.24) is 4.90 Å². The Kier molecular flexibility index (Phi) is 5.67. The summed E-state index contributed by atoms with van der Waals surface area (Å²) in [5.41, 5.74) is 1.98. The average molecular weight is 396 g/mol. The van der Waals surface area contributed by atoms with Gasteiger partial charge in [-0.05, 0) is 42.8 Å². The first-order valence-electron chi connectivity index (χ1n) is 9.78. The number of hydrogen-bond donors (Lipinski definition) is 1. The van der Waals surface area contributed by atoms with Gasteiger partial charge in [0.05, 0.1) is 19.1 Å². The monoisotopic (exact) mass is 396 g/mol. The quantitative estimate of drug-likeness (QED) is 0.859. The number of nitrogens with zero attached hydrogens (tertiary/aromatic N) is 1. The second-order valence-electron chi connectivity index (χ2n) is 7.22. The molecule has 2 heterocycles. The molecule has 4 rings (SSSR count). The van der Waals surface area contributed by atoms with Crippen LogP contribution < -0.4 is 14.8 Å². The Morgan fingerprint density at radius 3 is 2.72 bits per heavy atom. The summed E-state index contributed by atoms with van der Waals surface area (Å²) in [5, 5.41) is 2.87. The smallest absolute Gasteiger partial charge is 0.254 e. The minimum atomic E-state index is -0.161. The topological polar surface area (TPSA) is 77.1 Å². The van der Waals surface area contributed by atoms with E-state index in [9.17, 15) is 9.59 Å². The van der Waals surface area contributed by atoms with E-state index in [0.717, 1.165) is 5.56 Å². The molecule has 2 aromatic carbocycles. The van der Waals surface area contributed by atoms with E-state index in [0.29, 0.717) is 55.7 Å². The van der Waals surface area contributed by atoms with Gasteiger partial charge in [0.15, 0.2) is 11.5 Å². The van der Waals surface area contributed by atoms with Crippen LogP contribution in [0.1, 0.15) is 22.8 Å². The Labute approximate surface area is 169 Å². The number of rotatable bonds is 4. The number of hydrogen-bond acceptors (Lipinski definition) is 5. The van der Waals surface area contributed by atoms with Crippen molar-refractivity contribution < 1.29 is 23.8 Å². The molecule has 2 amide bonds. The highest BCUT2D eigenvalue weighted by atomic mass is 16.6. The molecule has 7 heteroatoms. The van der Waals surface area contributed by atoms with E-state index in [1.807, 2.05) is 25.1 Å². The number of ether oxygens (including phenoxy) is 3. The fourth-order valence-electron chi connectivity index (χ4n) is 3.50. The van der Waals surface area contributed by atoms with E-state index in [1.165, 1.54) is 0 Å². The van der Waals surface area contributed by atoms with Crippen molar-refractivity contribution in [2.75, 3.05) is 38.2 Å². The molecule has 152 valence electrons. The van der Waals surface area contributed by atoms with Crippen LogP contribution >= 0.6 is 0 Å². The van der Waals surface area contributed by atoms with Crippen LogP contribution in [-0.4, -0.2) is 55.7 Å². The first kappa shape index (κ1) is 19.3. The number of nitrogens with one attached hydrogen (secondary N) is 1. The van der Waals surface area contributed by atoms with Crippen molar-refractivity contribution in [3.8, 4) is 11.5 Å². The van der Waals surface area contributed by atoms with Crippen LogP contribution in [0.3, 0.4) is 0 Å². The molecule has 2 aromatic rings. The lowest BCUT2D eigenvalue weighted by Crippen LogP contribution is -2.44. The Morgan fingerprint density at radius 2 is 1.90 bits per heavy atom. The minimum Gasteiger partial charge on any atom is -0.486 e. The Balaban J connectivity index is 1.40. The number of anilines is 1. The molecule has 0 spiro atoms. The average Bonchev–Trinajstić information content (AvgIpc) is 2.73. The van der Waals surface area contributed by atoms with Crippen LogP contribution in [0.15, 0.2) is 42.5 Å². The highest BCUT2D eigenvalue weighted by molar-refractivity contribution is 5.97. The molecule has 0 bridgehead atoms. The summed E-state index contributed by atoms with van der Waals surface area (Å²) in [5.74, 6) is 1.15. The maximum atomic E-state index is 12.7. The lowest BCUT2D eigenvalue weighted by atomic mass is 10.1. The van der Waals surface area contributed by atoms with Gasteiger partial charge >= 0.3 is 0 Å². The maximum absolute atomic E-state index is 12.7. The number of carbonyl (C=O) groups is 2. The van der Waals surface area contributed by atoms with Crippen molar-refractivity contribution >= 4 is 17.5 Å². The second kappa shape index (κ2) is 8.53. The molecule has 1 saturated heterocycles. The molecule has 0 aromatic heterocycles. The van der Waals surface area contributed by atoms with Gasteiger partial charge in [-0.2, -0.15) is 0 Å². The van der Waals surface area contributed by atoms with Crippen LogP contribution in [0.4, 0.5) is 5.69 Å². The molecule has 7 nitrogen and oxygen atoms in total. The van der Waals surface area contributed by atoms with Crippen molar-refractivity contribution in [3.63, 3.8) is 0 Å². The summed E-state index contributed by atoms with van der Waals surface area (Å²) in [6.07, 6.45) is 0.233. The molecule has 0 aliphatic carbocycles. The highest BCUT2D eigenvalue weighted by Crippen LogP contribution is 2.31. The SMILES string of the molecule is CC1CN(C(=O)c2cccc(NC(=O)Cc3ccc4c(c3)OCCO4)c2)CCO1. The number of amides is 2.